The topological polar surface area (TPSA) is 59.0 Å². The first-order chi connectivity index (χ1) is 10.0. The molecule has 0 atom stereocenters. The number of amides is 1. The van der Waals surface area contributed by atoms with Gasteiger partial charge in [0.2, 0.25) is 0 Å². The Kier molecular flexibility index (Phi) is 3.64. The highest BCUT2D eigenvalue weighted by Gasteiger charge is 2.19. The number of carbonyl (C=O) groups is 1. The number of carbonyl (C=O) groups excluding carboxylic acids is 1. The molecule has 0 unspecified atom stereocenters. The summed E-state index contributed by atoms with van der Waals surface area (Å²) in [5.74, 6) is 0. The summed E-state index contributed by atoms with van der Waals surface area (Å²) < 4.78 is 27.6. The molecule has 0 aliphatic carbocycles. The molecule has 0 saturated carbocycles. The van der Waals surface area contributed by atoms with Gasteiger partial charge in [-0.3, -0.25) is 0 Å². The molecular weight excluding hydrogens is 244 g/mol. The predicted octanol–water partition coefficient (Wildman–Crippen LogP) is 3.32. The molecular formula is C14H20N2O3. The fraction of sp³-hybridized carbons (Fsp3) is 0.500. The molecule has 0 aromatic heterocycles. The maximum absolute atomic E-state index is 12.1. The minimum Gasteiger partial charge on any atom is -0.444 e. The highest BCUT2D eigenvalue weighted by molar-refractivity contribution is 5.67. The van der Waals surface area contributed by atoms with E-state index in [0.29, 0.717) is 10.5 Å². The number of benzene rings is 1. The van der Waals surface area contributed by atoms with E-state index in [2.05, 4.69) is 5.18 Å². The van der Waals surface area contributed by atoms with E-state index in [-0.39, 0.29) is 13.1 Å². The Morgan fingerprint density at radius 3 is 2.37 bits per heavy atom. The Hall–Kier alpha value is -1.91. The third-order valence-corrected chi connectivity index (χ3v) is 2.22. The van der Waals surface area contributed by atoms with Crippen LogP contribution in [0.5, 0.6) is 0 Å². The Labute approximate surface area is 117 Å². The molecule has 0 N–H and O–H groups in total. The van der Waals surface area contributed by atoms with Gasteiger partial charge in [-0.25, -0.2) is 4.79 Å². The summed E-state index contributed by atoms with van der Waals surface area (Å²) in [5.41, 5.74) is 0.563. The van der Waals surface area contributed by atoms with Crippen molar-refractivity contribution in [2.75, 3.05) is 6.98 Å². The minimum absolute atomic E-state index is 0.0509. The number of rotatable bonds is 4. The third-order valence-electron chi connectivity index (χ3n) is 2.22. The Morgan fingerprint density at radius 1 is 1.32 bits per heavy atom. The first-order valence-corrected chi connectivity index (χ1v) is 5.90. The van der Waals surface area contributed by atoms with E-state index in [1.165, 1.54) is 0 Å². The number of nitrogens with zero attached hydrogens (tertiary/aromatic N) is 2. The van der Waals surface area contributed by atoms with Crippen LogP contribution >= 0.6 is 0 Å². The average Bonchev–Trinajstić information content (AvgIpc) is 2.34. The van der Waals surface area contributed by atoms with Gasteiger partial charge in [0.05, 0.1) is 0 Å². The summed E-state index contributed by atoms with van der Waals surface area (Å²) in [6.07, 6.45) is -0.897. The third kappa shape index (κ3) is 5.50. The van der Waals surface area contributed by atoms with E-state index in [0.717, 1.165) is 5.56 Å². The molecule has 0 bridgehead atoms. The van der Waals surface area contributed by atoms with Crippen LogP contribution < -0.4 is 0 Å². The van der Waals surface area contributed by atoms with Crippen LogP contribution in [0.1, 0.15) is 36.0 Å². The van der Waals surface area contributed by atoms with Crippen LogP contribution in [0, 0.1) is 4.91 Å². The molecule has 0 aliphatic heterocycles. The van der Waals surface area contributed by atoms with E-state index in [1.807, 2.05) is 0 Å². The first kappa shape index (κ1) is 11.0. The molecule has 0 radical (unpaired) electrons. The molecule has 0 spiro atoms. The molecule has 1 aromatic rings. The van der Waals surface area contributed by atoms with Crippen molar-refractivity contribution >= 4 is 6.09 Å². The van der Waals surface area contributed by atoms with Gasteiger partial charge < -0.3 is 9.64 Å². The van der Waals surface area contributed by atoms with Gasteiger partial charge in [-0.2, -0.15) is 4.91 Å². The van der Waals surface area contributed by atoms with Gasteiger partial charge in [-0.05, 0) is 31.9 Å². The largest absolute Gasteiger partial charge is 0.444 e. The van der Waals surface area contributed by atoms with Crippen LogP contribution in [0.4, 0.5) is 4.79 Å². The SMILES string of the molecule is [2H]C([2H])([2H])N(Cc1ccc(CN=O)cc1)C(=O)OC(C)(C)C. The lowest BCUT2D eigenvalue weighted by Gasteiger charge is -2.24. The van der Waals surface area contributed by atoms with Crippen LogP contribution in [0.15, 0.2) is 29.4 Å². The van der Waals surface area contributed by atoms with Crippen molar-refractivity contribution in [3.63, 3.8) is 0 Å². The lowest BCUT2D eigenvalue weighted by Crippen LogP contribution is -2.33. The van der Waals surface area contributed by atoms with Crippen molar-refractivity contribution in [2.24, 2.45) is 5.18 Å². The molecule has 104 valence electrons. The second-order valence-electron chi connectivity index (χ2n) is 5.17. The summed E-state index contributed by atoms with van der Waals surface area (Å²) >= 11 is 0. The van der Waals surface area contributed by atoms with Gasteiger partial charge in [0.25, 0.3) is 0 Å². The summed E-state index contributed by atoms with van der Waals surface area (Å²) in [5, 5.41) is 2.78. The molecule has 5 nitrogen and oxygen atoms in total. The van der Waals surface area contributed by atoms with Crippen molar-refractivity contribution in [1.82, 2.24) is 4.90 Å². The van der Waals surface area contributed by atoms with Crippen molar-refractivity contribution in [3.8, 4) is 0 Å². The molecule has 1 rings (SSSR count). The van der Waals surface area contributed by atoms with Crippen molar-refractivity contribution in [3.05, 3.63) is 40.3 Å². The van der Waals surface area contributed by atoms with E-state index >= 15 is 0 Å². The van der Waals surface area contributed by atoms with Crippen molar-refractivity contribution in [1.29, 1.82) is 0 Å². The predicted molar refractivity (Wildman–Crippen MR) is 73.6 cm³/mol. The van der Waals surface area contributed by atoms with Crippen molar-refractivity contribution in [2.45, 2.75) is 39.5 Å². The molecule has 0 heterocycles. The zero-order valence-corrected chi connectivity index (χ0v) is 11.3. The van der Waals surface area contributed by atoms with Gasteiger partial charge in [-0.1, -0.05) is 29.4 Å². The maximum atomic E-state index is 12.1. The van der Waals surface area contributed by atoms with Gasteiger partial charge in [0, 0.05) is 17.6 Å². The zero-order valence-electron chi connectivity index (χ0n) is 14.3. The normalized spacial score (nSPS) is 13.9. The van der Waals surface area contributed by atoms with Gasteiger partial charge in [0.15, 0.2) is 0 Å². The standard InChI is InChI=1S/C14H20N2O3/c1-14(2,3)19-13(17)16(4)10-12-7-5-11(6-8-12)9-15-18/h5-8H,9-10H2,1-4H3/i4D3. The number of ether oxygens (including phenoxy) is 1. The van der Waals surface area contributed by atoms with Crippen molar-refractivity contribution < 1.29 is 13.6 Å². The summed E-state index contributed by atoms with van der Waals surface area (Å²) in [6.45, 7) is 2.35. The van der Waals surface area contributed by atoms with Crippen LogP contribution in [0.2, 0.25) is 0 Å². The second kappa shape index (κ2) is 6.31. The summed E-state index contributed by atoms with van der Waals surface area (Å²) in [6, 6.07) is 6.65. The molecule has 0 aliphatic rings. The molecule has 0 saturated heterocycles. The molecule has 0 fully saturated rings. The maximum Gasteiger partial charge on any atom is 0.410 e. The number of nitroso groups, excluding NO2 is 1. The number of hydrogen-bond donors (Lipinski definition) is 0. The molecule has 1 amide bonds. The fourth-order valence-electron chi connectivity index (χ4n) is 1.39. The minimum atomic E-state index is -2.61. The average molecular weight is 267 g/mol. The Balaban J connectivity index is 2.90. The fourth-order valence-corrected chi connectivity index (χ4v) is 1.39. The van der Waals surface area contributed by atoms with Crippen LogP contribution in [0.25, 0.3) is 0 Å². The summed E-state index contributed by atoms with van der Waals surface area (Å²) in [7, 11) is 0. The first-order valence-electron chi connectivity index (χ1n) is 7.40. The molecule has 5 heteroatoms. The van der Waals surface area contributed by atoms with E-state index < -0.39 is 18.7 Å². The summed E-state index contributed by atoms with van der Waals surface area (Å²) in [4.78, 5) is 23.0. The lowest BCUT2D eigenvalue weighted by atomic mass is 10.1. The van der Waals surface area contributed by atoms with Crippen LogP contribution in [-0.4, -0.2) is 23.6 Å². The van der Waals surface area contributed by atoms with E-state index in [1.54, 1.807) is 45.0 Å². The van der Waals surface area contributed by atoms with Gasteiger partial charge in [-0.15, -0.1) is 0 Å². The Morgan fingerprint density at radius 2 is 1.89 bits per heavy atom. The molecule has 19 heavy (non-hydrogen) atoms. The second-order valence-corrected chi connectivity index (χ2v) is 5.17. The van der Waals surface area contributed by atoms with Gasteiger partial charge in [0.1, 0.15) is 12.1 Å². The number of hydrogen-bond acceptors (Lipinski definition) is 4. The zero-order chi connectivity index (χ0) is 17.0. The highest BCUT2D eigenvalue weighted by Crippen LogP contribution is 2.12. The van der Waals surface area contributed by atoms with Crippen LogP contribution in [0.3, 0.4) is 0 Å². The molecule has 1 aromatic carbocycles. The van der Waals surface area contributed by atoms with Gasteiger partial charge >= 0.3 is 6.09 Å². The monoisotopic (exact) mass is 267 g/mol. The smallest absolute Gasteiger partial charge is 0.410 e. The van der Waals surface area contributed by atoms with Crippen LogP contribution in [-0.2, 0) is 17.8 Å². The van der Waals surface area contributed by atoms with E-state index in [9.17, 15) is 9.70 Å². The Bertz CT molecular complexity index is 522. The quantitative estimate of drug-likeness (QED) is 0.786. The van der Waals surface area contributed by atoms with E-state index in [4.69, 9.17) is 8.85 Å². The lowest BCUT2D eigenvalue weighted by molar-refractivity contribution is 0.0285. The highest BCUT2D eigenvalue weighted by atomic mass is 16.6.